The molecule has 0 fully saturated rings. The van der Waals surface area contributed by atoms with Crippen LogP contribution >= 0.6 is 15.9 Å². The molecule has 1 aromatic heterocycles. The molecule has 0 aliphatic carbocycles. The predicted octanol–water partition coefficient (Wildman–Crippen LogP) is 1.88. The molecule has 0 saturated carbocycles. The molecule has 0 unspecified atom stereocenters. The highest BCUT2D eigenvalue weighted by atomic mass is 79.9. The van der Waals surface area contributed by atoms with Gasteiger partial charge < -0.3 is 11.1 Å². The summed E-state index contributed by atoms with van der Waals surface area (Å²) in [6.45, 7) is 0.501. The Morgan fingerprint density at radius 2 is 2.32 bits per heavy atom. The van der Waals surface area contributed by atoms with Gasteiger partial charge in [0.1, 0.15) is 12.4 Å². The Kier molecular flexibility index (Phi) is 4.16. The Morgan fingerprint density at radius 3 is 3.00 bits per heavy atom. The van der Waals surface area contributed by atoms with Crippen molar-refractivity contribution in [2.24, 2.45) is 5.73 Å². The van der Waals surface area contributed by atoms with Crippen LogP contribution in [0.4, 0.5) is 10.1 Å². The van der Waals surface area contributed by atoms with Crippen LogP contribution in [0.25, 0.3) is 0 Å². The fourth-order valence-corrected chi connectivity index (χ4v) is 1.80. The molecule has 0 aliphatic heterocycles. The molecule has 0 atom stereocenters. The number of carbonyl (C=O) groups excluding carboxylic acids is 1. The Morgan fingerprint density at radius 1 is 1.53 bits per heavy atom. The van der Waals surface area contributed by atoms with E-state index in [2.05, 4.69) is 26.3 Å². The highest BCUT2D eigenvalue weighted by molar-refractivity contribution is 9.10. The molecule has 0 radical (unpaired) electrons. The first-order valence-corrected chi connectivity index (χ1v) is 6.32. The number of carbonyl (C=O) groups is 1. The van der Waals surface area contributed by atoms with Gasteiger partial charge in [-0.2, -0.15) is 5.10 Å². The molecule has 0 saturated heterocycles. The number of halogens is 2. The quantitative estimate of drug-likeness (QED) is 0.881. The summed E-state index contributed by atoms with van der Waals surface area (Å²) in [7, 11) is 0. The zero-order chi connectivity index (χ0) is 13.8. The average molecular weight is 327 g/mol. The number of nitrogens with zero attached hydrogens (tertiary/aromatic N) is 2. The van der Waals surface area contributed by atoms with Crippen molar-refractivity contribution in [2.75, 3.05) is 5.32 Å². The number of benzene rings is 1. The number of primary amides is 1. The number of nitrogens with two attached hydrogens (primary N) is 1. The first-order valence-electron chi connectivity index (χ1n) is 5.53. The van der Waals surface area contributed by atoms with E-state index in [1.54, 1.807) is 18.5 Å². The van der Waals surface area contributed by atoms with E-state index in [0.717, 1.165) is 11.3 Å². The van der Waals surface area contributed by atoms with E-state index >= 15 is 0 Å². The average Bonchev–Trinajstić information content (AvgIpc) is 2.77. The lowest BCUT2D eigenvalue weighted by atomic mass is 10.2. The molecular formula is C12H12BrFN4O. The lowest BCUT2D eigenvalue weighted by Crippen LogP contribution is -2.18. The molecule has 3 N–H and O–H groups in total. The molecule has 100 valence electrons. The maximum absolute atomic E-state index is 13.3. The zero-order valence-electron chi connectivity index (χ0n) is 9.94. The highest BCUT2D eigenvalue weighted by Crippen LogP contribution is 2.17. The van der Waals surface area contributed by atoms with Gasteiger partial charge in [0.15, 0.2) is 0 Å². The monoisotopic (exact) mass is 326 g/mol. The molecule has 5 nitrogen and oxygen atoms in total. The van der Waals surface area contributed by atoms with E-state index in [4.69, 9.17) is 5.73 Å². The summed E-state index contributed by atoms with van der Waals surface area (Å²) in [6, 6.07) is 4.92. The SMILES string of the molecule is NC(=O)Cn1cc(NCc2ccc(Br)c(F)c2)cn1. The summed E-state index contributed by atoms with van der Waals surface area (Å²) in [5.74, 6) is -0.756. The van der Waals surface area contributed by atoms with Crippen molar-refractivity contribution in [1.82, 2.24) is 9.78 Å². The maximum atomic E-state index is 13.3. The maximum Gasteiger partial charge on any atom is 0.239 e. The van der Waals surface area contributed by atoms with Gasteiger partial charge in [-0.25, -0.2) is 4.39 Å². The van der Waals surface area contributed by atoms with Crippen LogP contribution in [-0.2, 0) is 17.9 Å². The van der Waals surface area contributed by atoms with E-state index in [0.29, 0.717) is 11.0 Å². The fourth-order valence-electron chi connectivity index (χ4n) is 1.55. The minimum Gasteiger partial charge on any atom is -0.378 e. The van der Waals surface area contributed by atoms with Gasteiger partial charge in [-0.05, 0) is 33.6 Å². The topological polar surface area (TPSA) is 72.9 Å². The number of amides is 1. The number of aromatic nitrogens is 2. The molecule has 2 aromatic rings. The summed E-state index contributed by atoms with van der Waals surface area (Å²) >= 11 is 3.10. The molecule has 2 rings (SSSR count). The van der Waals surface area contributed by atoms with Crippen LogP contribution in [0.1, 0.15) is 5.56 Å². The Labute approximate surface area is 117 Å². The third-order valence-electron chi connectivity index (χ3n) is 2.43. The van der Waals surface area contributed by atoms with Crippen LogP contribution in [0.2, 0.25) is 0 Å². The van der Waals surface area contributed by atoms with E-state index < -0.39 is 5.91 Å². The number of anilines is 1. The van der Waals surface area contributed by atoms with E-state index in [1.165, 1.54) is 10.7 Å². The standard InChI is InChI=1S/C12H12BrFN4O/c13-10-2-1-8(3-11(10)14)4-16-9-5-17-18(6-9)7-12(15)19/h1-3,5-6,16H,4,7H2,(H2,15,19). The summed E-state index contributed by atoms with van der Waals surface area (Å²) in [4.78, 5) is 10.7. The largest absolute Gasteiger partial charge is 0.378 e. The predicted molar refractivity (Wildman–Crippen MR) is 72.8 cm³/mol. The fraction of sp³-hybridized carbons (Fsp3) is 0.167. The van der Waals surface area contributed by atoms with Crippen LogP contribution in [0.5, 0.6) is 0 Å². The second-order valence-electron chi connectivity index (χ2n) is 3.99. The van der Waals surface area contributed by atoms with Crippen LogP contribution in [-0.4, -0.2) is 15.7 Å². The summed E-state index contributed by atoms with van der Waals surface area (Å²) < 4.78 is 15.2. The van der Waals surface area contributed by atoms with Gasteiger partial charge >= 0.3 is 0 Å². The number of hydrogen-bond donors (Lipinski definition) is 2. The number of nitrogens with one attached hydrogen (secondary N) is 1. The number of hydrogen-bond acceptors (Lipinski definition) is 3. The summed E-state index contributed by atoms with van der Waals surface area (Å²) in [6.07, 6.45) is 3.25. The minimum absolute atomic E-state index is 0.0363. The smallest absolute Gasteiger partial charge is 0.239 e. The molecule has 0 aliphatic rings. The minimum atomic E-state index is -0.454. The first-order chi connectivity index (χ1) is 9.04. The van der Waals surface area contributed by atoms with Gasteiger partial charge in [-0.3, -0.25) is 9.48 Å². The van der Waals surface area contributed by atoms with Crippen LogP contribution in [0, 0.1) is 5.82 Å². The van der Waals surface area contributed by atoms with Crippen molar-refractivity contribution in [3.63, 3.8) is 0 Å². The Hall–Kier alpha value is -1.89. The van der Waals surface area contributed by atoms with Crippen LogP contribution in [0.3, 0.4) is 0 Å². The molecule has 19 heavy (non-hydrogen) atoms. The number of rotatable bonds is 5. The summed E-state index contributed by atoms with van der Waals surface area (Å²) in [5.41, 5.74) is 6.61. The van der Waals surface area contributed by atoms with Crippen molar-refractivity contribution in [1.29, 1.82) is 0 Å². The second kappa shape index (κ2) is 5.83. The normalized spacial score (nSPS) is 10.4. The third-order valence-corrected chi connectivity index (χ3v) is 3.07. The van der Waals surface area contributed by atoms with Crippen LogP contribution in [0.15, 0.2) is 35.1 Å². The molecule has 7 heteroatoms. The summed E-state index contributed by atoms with van der Waals surface area (Å²) in [5, 5.41) is 7.06. The Balaban J connectivity index is 1.96. The van der Waals surface area contributed by atoms with Gasteiger partial charge in [0, 0.05) is 12.7 Å². The molecule has 1 heterocycles. The molecular weight excluding hydrogens is 315 g/mol. The third kappa shape index (κ3) is 3.78. The molecule has 1 aromatic carbocycles. The van der Waals surface area contributed by atoms with Gasteiger partial charge in [0.2, 0.25) is 5.91 Å². The molecule has 1 amide bonds. The van der Waals surface area contributed by atoms with Crippen LogP contribution < -0.4 is 11.1 Å². The van der Waals surface area contributed by atoms with Gasteiger partial charge in [0.05, 0.1) is 16.4 Å². The first kappa shape index (κ1) is 13.5. The lowest BCUT2D eigenvalue weighted by Gasteiger charge is -2.04. The second-order valence-corrected chi connectivity index (χ2v) is 4.85. The Bertz CT molecular complexity index is 599. The van der Waals surface area contributed by atoms with Crippen molar-refractivity contribution < 1.29 is 9.18 Å². The van der Waals surface area contributed by atoms with Crippen molar-refractivity contribution in [2.45, 2.75) is 13.1 Å². The van der Waals surface area contributed by atoms with Gasteiger partial charge in [-0.1, -0.05) is 6.07 Å². The van der Waals surface area contributed by atoms with E-state index in [1.807, 2.05) is 6.07 Å². The molecule has 0 spiro atoms. The van der Waals surface area contributed by atoms with Crippen molar-refractivity contribution in [3.8, 4) is 0 Å². The van der Waals surface area contributed by atoms with Gasteiger partial charge in [0.25, 0.3) is 0 Å². The highest BCUT2D eigenvalue weighted by Gasteiger charge is 2.03. The zero-order valence-corrected chi connectivity index (χ0v) is 11.5. The molecule has 0 bridgehead atoms. The van der Waals surface area contributed by atoms with Gasteiger partial charge in [-0.15, -0.1) is 0 Å². The van der Waals surface area contributed by atoms with Crippen molar-refractivity contribution in [3.05, 3.63) is 46.4 Å². The van der Waals surface area contributed by atoms with E-state index in [-0.39, 0.29) is 12.4 Å². The van der Waals surface area contributed by atoms with Crippen molar-refractivity contribution >= 4 is 27.5 Å². The van der Waals surface area contributed by atoms with E-state index in [9.17, 15) is 9.18 Å². The lowest BCUT2D eigenvalue weighted by molar-refractivity contribution is -0.118.